The Morgan fingerprint density at radius 3 is 2.88 bits per heavy atom. The first-order valence-electron chi connectivity index (χ1n) is 8.32. The first kappa shape index (κ1) is 17.0. The fraction of sp³-hybridized carbons (Fsp3) is 0.389. The number of hydrogen-bond acceptors (Lipinski definition) is 4. The summed E-state index contributed by atoms with van der Waals surface area (Å²) in [6.45, 7) is 1.28. The molecule has 0 aromatic carbocycles. The third-order valence-electron chi connectivity index (χ3n) is 4.56. The minimum atomic E-state index is -0.112. The minimum Gasteiger partial charge on any atom is -0.481 e. The lowest BCUT2D eigenvalue weighted by atomic mass is 9.92. The topological polar surface area (TPSA) is 87.3 Å². The Hall–Kier alpha value is -2.83. The molecule has 1 saturated heterocycles. The summed E-state index contributed by atoms with van der Waals surface area (Å²) in [4.78, 5) is 33.9. The van der Waals surface area contributed by atoms with Gasteiger partial charge in [-0.2, -0.15) is 0 Å². The number of rotatable bonds is 4. The molecule has 2 aromatic heterocycles. The maximum absolute atomic E-state index is 12.7. The molecule has 132 valence electrons. The van der Waals surface area contributed by atoms with Crippen molar-refractivity contribution in [2.45, 2.75) is 18.8 Å². The van der Waals surface area contributed by atoms with Crippen LogP contribution in [-0.2, 0) is 0 Å². The van der Waals surface area contributed by atoms with Crippen molar-refractivity contribution in [3.05, 3.63) is 47.4 Å². The average Bonchev–Trinajstić information content (AvgIpc) is 3.17. The molecule has 3 heterocycles. The lowest BCUT2D eigenvalue weighted by molar-refractivity contribution is 0.0705. The highest BCUT2D eigenvalue weighted by Crippen LogP contribution is 2.29. The summed E-state index contributed by atoms with van der Waals surface area (Å²) in [5.74, 6) is 0.438. The van der Waals surface area contributed by atoms with E-state index in [2.05, 4.69) is 15.3 Å². The van der Waals surface area contributed by atoms with Crippen LogP contribution >= 0.6 is 0 Å². The summed E-state index contributed by atoms with van der Waals surface area (Å²) >= 11 is 0. The highest BCUT2D eigenvalue weighted by atomic mass is 16.5. The Kier molecular flexibility index (Phi) is 5.02. The number of ether oxygens (including phenoxy) is 1. The number of pyridine rings is 1. The molecule has 1 unspecified atom stereocenters. The molecule has 2 N–H and O–H groups in total. The van der Waals surface area contributed by atoms with Gasteiger partial charge in [-0.3, -0.25) is 9.59 Å². The van der Waals surface area contributed by atoms with Crippen LogP contribution < -0.4 is 10.1 Å². The van der Waals surface area contributed by atoms with Crippen molar-refractivity contribution in [1.82, 2.24) is 20.2 Å². The molecule has 2 aromatic rings. The number of methoxy groups -OCH3 is 1. The van der Waals surface area contributed by atoms with Crippen molar-refractivity contribution in [1.29, 1.82) is 0 Å². The van der Waals surface area contributed by atoms with Crippen LogP contribution in [0.1, 0.15) is 45.2 Å². The summed E-state index contributed by atoms with van der Waals surface area (Å²) < 4.78 is 5.03. The van der Waals surface area contributed by atoms with Crippen molar-refractivity contribution < 1.29 is 14.3 Å². The summed E-state index contributed by atoms with van der Waals surface area (Å²) in [5.41, 5.74) is 2.08. The third kappa shape index (κ3) is 3.50. The third-order valence-corrected chi connectivity index (χ3v) is 4.56. The van der Waals surface area contributed by atoms with Gasteiger partial charge in [0.1, 0.15) is 0 Å². The van der Waals surface area contributed by atoms with E-state index < -0.39 is 0 Å². The SMILES string of the molecule is CNC(=O)c1cc[nH]c1C1CCCN(C(=O)c2ccc(OC)nc2)C1. The van der Waals surface area contributed by atoms with E-state index in [1.54, 1.807) is 38.6 Å². The van der Waals surface area contributed by atoms with Crippen LogP contribution in [0, 0.1) is 0 Å². The van der Waals surface area contributed by atoms with E-state index in [0.717, 1.165) is 18.5 Å². The number of nitrogens with one attached hydrogen (secondary N) is 2. The van der Waals surface area contributed by atoms with E-state index in [-0.39, 0.29) is 17.7 Å². The molecule has 7 heteroatoms. The smallest absolute Gasteiger partial charge is 0.255 e. The van der Waals surface area contributed by atoms with Crippen molar-refractivity contribution in [2.75, 3.05) is 27.2 Å². The molecule has 0 radical (unpaired) electrons. The van der Waals surface area contributed by atoms with E-state index in [1.165, 1.54) is 6.20 Å². The van der Waals surface area contributed by atoms with Gasteiger partial charge in [0.15, 0.2) is 0 Å². The number of aromatic nitrogens is 2. The molecular formula is C18H22N4O3. The maximum Gasteiger partial charge on any atom is 0.255 e. The Morgan fingerprint density at radius 2 is 2.20 bits per heavy atom. The number of nitrogens with zero attached hydrogens (tertiary/aromatic N) is 2. The Morgan fingerprint density at radius 1 is 1.36 bits per heavy atom. The second-order valence-corrected chi connectivity index (χ2v) is 6.06. The van der Waals surface area contributed by atoms with E-state index in [9.17, 15) is 9.59 Å². The normalized spacial score (nSPS) is 17.2. The van der Waals surface area contributed by atoms with Gasteiger partial charge < -0.3 is 19.9 Å². The summed E-state index contributed by atoms with van der Waals surface area (Å²) in [6, 6.07) is 5.19. The number of amides is 2. The predicted molar refractivity (Wildman–Crippen MR) is 92.9 cm³/mol. The maximum atomic E-state index is 12.7. The molecule has 0 bridgehead atoms. The highest BCUT2D eigenvalue weighted by Gasteiger charge is 2.28. The van der Waals surface area contributed by atoms with Gasteiger partial charge in [-0.15, -0.1) is 0 Å². The fourth-order valence-corrected chi connectivity index (χ4v) is 3.26. The number of hydrogen-bond donors (Lipinski definition) is 2. The van der Waals surface area contributed by atoms with Gasteiger partial charge in [-0.25, -0.2) is 4.98 Å². The van der Waals surface area contributed by atoms with Gasteiger partial charge >= 0.3 is 0 Å². The number of likely N-dealkylation sites (tertiary alicyclic amines) is 1. The Bertz CT molecular complexity index is 754. The lowest BCUT2D eigenvalue weighted by Crippen LogP contribution is -2.39. The van der Waals surface area contributed by atoms with E-state index in [0.29, 0.717) is 30.1 Å². The van der Waals surface area contributed by atoms with E-state index in [4.69, 9.17) is 4.74 Å². The Labute approximate surface area is 146 Å². The monoisotopic (exact) mass is 342 g/mol. The first-order chi connectivity index (χ1) is 12.1. The highest BCUT2D eigenvalue weighted by molar-refractivity contribution is 5.96. The zero-order valence-corrected chi connectivity index (χ0v) is 14.4. The molecule has 0 aliphatic carbocycles. The van der Waals surface area contributed by atoms with Crippen LogP contribution in [0.3, 0.4) is 0 Å². The molecule has 1 fully saturated rings. The van der Waals surface area contributed by atoms with Crippen molar-refractivity contribution in [2.24, 2.45) is 0 Å². The van der Waals surface area contributed by atoms with Crippen LogP contribution in [0.4, 0.5) is 0 Å². The second-order valence-electron chi connectivity index (χ2n) is 6.06. The van der Waals surface area contributed by atoms with Crippen LogP contribution in [0.25, 0.3) is 0 Å². The standard InChI is InChI=1S/C18H22N4O3/c1-19-17(23)14-7-8-20-16(14)13-4-3-9-22(11-13)18(24)12-5-6-15(25-2)21-10-12/h5-8,10,13,20H,3-4,9,11H2,1-2H3,(H,19,23). The molecule has 1 aliphatic rings. The Balaban J connectivity index is 1.75. The lowest BCUT2D eigenvalue weighted by Gasteiger charge is -2.33. The number of piperidine rings is 1. The molecular weight excluding hydrogens is 320 g/mol. The number of carbonyl (C=O) groups is 2. The molecule has 1 aliphatic heterocycles. The average molecular weight is 342 g/mol. The molecule has 3 rings (SSSR count). The molecule has 7 nitrogen and oxygen atoms in total. The van der Waals surface area contributed by atoms with Gasteiger partial charge in [0.25, 0.3) is 11.8 Å². The van der Waals surface area contributed by atoms with E-state index in [1.807, 2.05) is 4.90 Å². The largest absolute Gasteiger partial charge is 0.481 e. The molecule has 0 saturated carbocycles. The summed E-state index contributed by atoms with van der Waals surface area (Å²) in [5, 5.41) is 2.66. The van der Waals surface area contributed by atoms with Crippen LogP contribution in [0.5, 0.6) is 5.88 Å². The zero-order chi connectivity index (χ0) is 17.8. The zero-order valence-electron chi connectivity index (χ0n) is 14.4. The summed E-state index contributed by atoms with van der Waals surface area (Å²) in [6.07, 6.45) is 5.14. The van der Waals surface area contributed by atoms with E-state index >= 15 is 0 Å². The van der Waals surface area contributed by atoms with Crippen molar-refractivity contribution >= 4 is 11.8 Å². The molecule has 0 spiro atoms. The first-order valence-corrected chi connectivity index (χ1v) is 8.32. The van der Waals surface area contributed by atoms with Crippen LogP contribution in [0.2, 0.25) is 0 Å². The molecule has 2 amide bonds. The van der Waals surface area contributed by atoms with Gasteiger partial charge in [-0.1, -0.05) is 0 Å². The number of H-pyrrole nitrogens is 1. The molecule has 25 heavy (non-hydrogen) atoms. The van der Waals surface area contributed by atoms with Crippen molar-refractivity contribution in [3.63, 3.8) is 0 Å². The minimum absolute atomic E-state index is 0.0482. The van der Waals surface area contributed by atoms with Crippen LogP contribution in [-0.4, -0.2) is 53.9 Å². The molecule has 1 atom stereocenters. The number of aromatic amines is 1. The number of carbonyl (C=O) groups excluding carboxylic acids is 2. The van der Waals surface area contributed by atoms with Crippen molar-refractivity contribution in [3.8, 4) is 5.88 Å². The van der Waals surface area contributed by atoms with Gasteiger partial charge in [0, 0.05) is 50.2 Å². The quantitative estimate of drug-likeness (QED) is 0.887. The fourth-order valence-electron chi connectivity index (χ4n) is 3.26. The van der Waals surface area contributed by atoms with Crippen LogP contribution in [0.15, 0.2) is 30.6 Å². The van der Waals surface area contributed by atoms with Gasteiger partial charge in [-0.05, 0) is 25.0 Å². The van der Waals surface area contributed by atoms with Gasteiger partial charge in [0.2, 0.25) is 5.88 Å². The van der Waals surface area contributed by atoms with Gasteiger partial charge in [0.05, 0.1) is 18.2 Å². The predicted octanol–water partition coefficient (Wildman–Crippen LogP) is 1.80. The summed E-state index contributed by atoms with van der Waals surface area (Å²) in [7, 11) is 3.16. The second kappa shape index (κ2) is 7.38.